The minimum atomic E-state index is -4.57. The van der Waals surface area contributed by atoms with Crippen LogP contribution in [0.3, 0.4) is 0 Å². The third-order valence-electron chi connectivity index (χ3n) is 2.09. The fourth-order valence-corrected chi connectivity index (χ4v) is 1.21. The molecule has 0 saturated heterocycles. The van der Waals surface area contributed by atoms with E-state index < -0.39 is 23.6 Å². The molecule has 0 fully saturated rings. The maximum absolute atomic E-state index is 12.5. The van der Waals surface area contributed by atoms with Crippen LogP contribution in [0.2, 0.25) is 0 Å². The van der Waals surface area contributed by atoms with Crippen LogP contribution in [0.1, 0.15) is 12.5 Å². The summed E-state index contributed by atoms with van der Waals surface area (Å²) >= 11 is 0. The zero-order chi connectivity index (χ0) is 14.6. The molecule has 0 radical (unpaired) electrons. The zero-order valence-electron chi connectivity index (χ0n) is 9.88. The molecule has 0 saturated carbocycles. The van der Waals surface area contributed by atoms with Crippen LogP contribution in [0.5, 0.6) is 0 Å². The van der Waals surface area contributed by atoms with Gasteiger partial charge in [-0.15, -0.1) is 0 Å². The molecule has 0 aliphatic heterocycles. The second-order valence-corrected chi connectivity index (χ2v) is 3.47. The van der Waals surface area contributed by atoms with Crippen LogP contribution in [0.15, 0.2) is 18.2 Å². The topological polar surface area (TPSA) is 81.4 Å². The van der Waals surface area contributed by atoms with Crippen LogP contribution in [0.4, 0.5) is 24.5 Å². The van der Waals surface area contributed by atoms with Crippen molar-refractivity contribution in [3.05, 3.63) is 23.8 Å². The Morgan fingerprint density at radius 2 is 2.00 bits per heavy atom. The first kappa shape index (κ1) is 14.8. The van der Waals surface area contributed by atoms with E-state index in [0.717, 1.165) is 12.1 Å². The zero-order valence-corrected chi connectivity index (χ0v) is 9.88. The lowest BCUT2D eigenvalue weighted by atomic mass is 10.1. The number of amides is 1. The van der Waals surface area contributed by atoms with Gasteiger partial charge in [0.15, 0.2) is 0 Å². The van der Waals surface area contributed by atoms with E-state index in [0.29, 0.717) is 6.07 Å². The van der Waals surface area contributed by atoms with Gasteiger partial charge in [0.05, 0.1) is 23.5 Å². The molecular formula is C11H11F3N2O3. The summed E-state index contributed by atoms with van der Waals surface area (Å²) in [4.78, 5) is 22.3. The van der Waals surface area contributed by atoms with Crippen LogP contribution in [-0.4, -0.2) is 18.5 Å². The van der Waals surface area contributed by atoms with E-state index in [2.05, 4.69) is 4.74 Å². The number of hydrogen-bond donors (Lipinski definition) is 2. The SMILES string of the molecule is CCOC(=O)C(=O)Nc1cc(C(F)(F)F)ccc1N. The number of alkyl halides is 3. The molecule has 1 aromatic carbocycles. The van der Waals surface area contributed by atoms with Gasteiger partial charge in [0.1, 0.15) is 0 Å². The van der Waals surface area contributed by atoms with Crippen molar-refractivity contribution in [1.29, 1.82) is 0 Å². The number of rotatable bonds is 2. The number of esters is 1. The Kier molecular flexibility index (Phi) is 4.36. The normalized spacial score (nSPS) is 10.9. The largest absolute Gasteiger partial charge is 0.459 e. The van der Waals surface area contributed by atoms with Crippen molar-refractivity contribution in [3.8, 4) is 0 Å². The predicted octanol–water partition coefficient (Wildman–Crippen LogP) is 1.79. The van der Waals surface area contributed by atoms with Crippen molar-refractivity contribution < 1.29 is 27.5 Å². The minimum absolute atomic E-state index is 0.0235. The molecule has 0 aliphatic rings. The Labute approximate surface area is 106 Å². The summed E-state index contributed by atoms with van der Waals surface area (Å²) in [6.07, 6.45) is -4.57. The van der Waals surface area contributed by atoms with Crippen molar-refractivity contribution in [1.82, 2.24) is 0 Å². The lowest BCUT2D eigenvalue weighted by molar-refractivity contribution is -0.152. The summed E-state index contributed by atoms with van der Waals surface area (Å²) in [5, 5.41) is 1.97. The van der Waals surface area contributed by atoms with Crippen molar-refractivity contribution in [3.63, 3.8) is 0 Å². The monoisotopic (exact) mass is 276 g/mol. The van der Waals surface area contributed by atoms with Gasteiger partial charge in [-0.2, -0.15) is 13.2 Å². The van der Waals surface area contributed by atoms with Crippen molar-refractivity contribution >= 4 is 23.3 Å². The first-order valence-electron chi connectivity index (χ1n) is 5.20. The number of nitrogens with two attached hydrogens (primary N) is 1. The number of carbonyl (C=O) groups is 2. The lowest BCUT2D eigenvalue weighted by Crippen LogP contribution is -2.25. The summed E-state index contributed by atoms with van der Waals surface area (Å²) in [5.41, 5.74) is 4.05. The smallest absolute Gasteiger partial charge is 0.416 e. The van der Waals surface area contributed by atoms with Gasteiger partial charge in [0.25, 0.3) is 0 Å². The summed E-state index contributed by atoms with van der Waals surface area (Å²) in [5.74, 6) is -2.38. The highest BCUT2D eigenvalue weighted by atomic mass is 19.4. The van der Waals surface area contributed by atoms with Gasteiger partial charge in [-0.25, -0.2) is 4.79 Å². The standard InChI is InChI=1S/C11H11F3N2O3/c1-2-19-10(18)9(17)16-8-5-6(11(12,13)14)3-4-7(8)15/h3-5H,2,15H2,1H3,(H,16,17). The molecule has 0 unspecified atom stereocenters. The van der Waals surface area contributed by atoms with E-state index in [-0.39, 0.29) is 18.0 Å². The van der Waals surface area contributed by atoms with E-state index in [9.17, 15) is 22.8 Å². The lowest BCUT2D eigenvalue weighted by Gasteiger charge is -2.11. The molecule has 8 heteroatoms. The molecule has 0 spiro atoms. The number of benzene rings is 1. The summed E-state index contributed by atoms with van der Waals surface area (Å²) < 4.78 is 41.8. The summed E-state index contributed by atoms with van der Waals surface area (Å²) in [7, 11) is 0. The number of nitrogen functional groups attached to an aromatic ring is 1. The molecular weight excluding hydrogens is 265 g/mol. The second kappa shape index (κ2) is 5.59. The Bertz CT molecular complexity index is 500. The van der Waals surface area contributed by atoms with Crippen LogP contribution < -0.4 is 11.1 Å². The first-order valence-corrected chi connectivity index (χ1v) is 5.20. The Morgan fingerprint density at radius 1 is 1.37 bits per heavy atom. The fourth-order valence-electron chi connectivity index (χ4n) is 1.21. The number of carbonyl (C=O) groups excluding carboxylic acids is 2. The molecule has 1 aromatic rings. The highest BCUT2D eigenvalue weighted by molar-refractivity contribution is 6.37. The third-order valence-corrected chi connectivity index (χ3v) is 2.09. The van der Waals surface area contributed by atoms with E-state index in [4.69, 9.17) is 5.73 Å². The predicted molar refractivity (Wildman–Crippen MR) is 61.1 cm³/mol. The Hall–Kier alpha value is -2.25. The molecule has 104 valence electrons. The Morgan fingerprint density at radius 3 is 2.53 bits per heavy atom. The van der Waals surface area contributed by atoms with Crippen molar-refractivity contribution in [2.75, 3.05) is 17.7 Å². The molecule has 1 amide bonds. The number of ether oxygens (including phenoxy) is 1. The van der Waals surface area contributed by atoms with Gasteiger partial charge in [-0.05, 0) is 25.1 Å². The summed E-state index contributed by atoms with van der Waals surface area (Å²) in [6.45, 7) is 1.47. The number of anilines is 2. The number of nitrogens with one attached hydrogen (secondary N) is 1. The summed E-state index contributed by atoms with van der Waals surface area (Å²) in [6, 6.07) is 2.41. The average Bonchev–Trinajstić information content (AvgIpc) is 2.30. The molecule has 1 rings (SSSR count). The van der Waals surface area contributed by atoms with Crippen LogP contribution in [0, 0.1) is 0 Å². The quantitative estimate of drug-likeness (QED) is 0.490. The van der Waals surface area contributed by atoms with Gasteiger partial charge in [0.2, 0.25) is 0 Å². The van der Waals surface area contributed by atoms with Crippen molar-refractivity contribution in [2.45, 2.75) is 13.1 Å². The van der Waals surface area contributed by atoms with Gasteiger partial charge in [-0.3, -0.25) is 4.79 Å². The fraction of sp³-hybridized carbons (Fsp3) is 0.273. The molecule has 3 N–H and O–H groups in total. The van der Waals surface area contributed by atoms with E-state index in [1.807, 2.05) is 5.32 Å². The maximum Gasteiger partial charge on any atom is 0.416 e. The van der Waals surface area contributed by atoms with E-state index in [1.54, 1.807) is 0 Å². The number of halogens is 3. The molecule has 5 nitrogen and oxygen atoms in total. The van der Waals surface area contributed by atoms with E-state index in [1.165, 1.54) is 6.92 Å². The van der Waals surface area contributed by atoms with Crippen LogP contribution >= 0.6 is 0 Å². The van der Waals surface area contributed by atoms with Gasteiger partial charge >= 0.3 is 18.1 Å². The Balaban J connectivity index is 2.95. The van der Waals surface area contributed by atoms with Crippen LogP contribution in [0.25, 0.3) is 0 Å². The molecule has 0 atom stereocenters. The maximum atomic E-state index is 12.5. The molecule has 0 aliphatic carbocycles. The first-order chi connectivity index (χ1) is 8.75. The molecule has 0 aromatic heterocycles. The van der Waals surface area contributed by atoms with Crippen LogP contribution in [-0.2, 0) is 20.5 Å². The molecule has 19 heavy (non-hydrogen) atoms. The second-order valence-electron chi connectivity index (χ2n) is 3.47. The molecule has 0 heterocycles. The van der Waals surface area contributed by atoms with Gasteiger partial charge in [-0.1, -0.05) is 0 Å². The van der Waals surface area contributed by atoms with Crippen molar-refractivity contribution in [2.24, 2.45) is 0 Å². The van der Waals surface area contributed by atoms with Gasteiger partial charge < -0.3 is 15.8 Å². The third kappa shape index (κ3) is 3.87. The number of hydrogen-bond acceptors (Lipinski definition) is 4. The highest BCUT2D eigenvalue weighted by Gasteiger charge is 2.31. The van der Waals surface area contributed by atoms with E-state index >= 15 is 0 Å². The van der Waals surface area contributed by atoms with Gasteiger partial charge in [0, 0.05) is 0 Å². The average molecular weight is 276 g/mol. The highest BCUT2D eigenvalue weighted by Crippen LogP contribution is 2.32. The molecule has 0 bridgehead atoms. The minimum Gasteiger partial charge on any atom is -0.459 e.